The molecule has 0 radical (unpaired) electrons. The lowest BCUT2D eigenvalue weighted by molar-refractivity contribution is -2.00. The molecule has 1 aliphatic rings. The van der Waals surface area contributed by atoms with Crippen LogP contribution in [-0.4, -0.2) is 6.04 Å². The van der Waals surface area contributed by atoms with Gasteiger partial charge in [0.15, 0.2) is 0 Å². The lowest BCUT2D eigenvalue weighted by Gasteiger charge is -2.17. The minimum atomic E-state index is -4.94. The fourth-order valence-electron chi connectivity index (χ4n) is 1.19. The average molecular weight is 200 g/mol. The van der Waals surface area contributed by atoms with Crippen LogP contribution in [0.1, 0.15) is 32.1 Å². The van der Waals surface area contributed by atoms with Crippen molar-refractivity contribution in [3.8, 4) is 0 Å². The maximum atomic E-state index is 8.49. The van der Waals surface area contributed by atoms with Crippen LogP contribution in [0.4, 0.5) is 0 Å². The predicted octanol–water partition coefficient (Wildman–Crippen LogP) is -4.19. The van der Waals surface area contributed by atoms with Gasteiger partial charge in [-0.3, -0.25) is 0 Å². The summed E-state index contributed by atoms with van der Waals surface area (Å²) in [5.74, 6) is 0. The molecule has 0 aromatic rings. The molecule has 74 valence electrons. The minimum Gasteiger partial charge on any atom is -0.355 e. The lowest BCUT2D eigenvalue weighted by atomic mass is 9.97. The Morgan fingerprint density at radius 2 is 1.25 bits per heavy atom. The van der Waals surface area contributed by atoms with Crippen LogP contribution in [0.2, 0.25) is 0 Å². The van der Waals surface area contributed by atoms with Gasteiger partial charge in [-0.05, 0) is 25.7 Å². The summed E-state index contributed by atoms with van der Waals surface area (Å²) in [4.78, 5) is 0. The Morgan fingerprint density at radius 3 is 1.42 bits per heavy atom. The molecule has 1 rings (SSSR count). The molecule has 0 spiro atoms. The summed E-state index contributed by atoms with van der Waals surface area (Å²) in [5, 5.41) is 0. The third-order valence-corrected chi connectivity index (χ3v) is 1.72. The van der Waals surface area contributed by atoms with E-state index >= 15 is 0 Å². The second kappa shape index (κ2) is 5.69. The summed E-state index contributed by atoms with van der Waals surface area (Å²) in [6.45, 7) is 0. The molecule has 0 unspecified atom stereocenters. The third-order valence-electron chi connectivity index (χ3n) is 1.72. The molecule has 0 heterocycles. The first-order chi connectivity index (χ1) is 5.39. The van der Waals surface area contributed by atoms with Crippen molar-refractivity contribution in [1.29, 1.82) is 0 Å². The van der Waals surface area contributed by atoms with Gasteiger partial charge < -0.3 is 5.73 Å². The maximum absolute atomic E-state index is 8.49. The van der Waals surface area contributed by atoms with E-state index in [1.807, 2.05) is 0 Å². The van der Waals surface area contributed by atoms with Crippen LogP contribution in [0, 0.1) is 10.2 Å². The van der Waals surface area contributed by atoms with Crippen molar-refractivity contribution in [3.05, 3.63) is 0 Å². The van der Waals surface area contributed by atoms with Crippen molar-refractivity contribution in [1.82, 2.24) is 0 Å². The number of hydrogen-bond acceptors (Lipinski definition) is 4. The molecule has 0 aliphatic heterocycles. The summed E-state index contributed by atoms with van der Waals surface area (Å²) in [5.41, 5.74) is 4.00. The van der Waals surface area contributed by atoms with Gasteiger partial charge in [-0.1, -0.05) is 6.42 Å². The molecule has 0 bridgehead atoms. The summed E-state index contributed by atoms with van der Waals surface area (Å²) in [6.07, 6.45) is 7.05. The summed E-state index contributed by atoms with van der Waals surface area (Å²) < 4.78 is 34.0. The smallest absolute Gasteiger partial charge is 0.0843 e. The van der Waals surface area contributed by atoms with E-state index in [0.29, 0.717) is 0 Å². The van der Waals surface area contributed by atoms with E-state index in [-0.39, 0.29) is 0 Å². The monoisotopic (exact) mass is 199 g/mol. The fourth-order valence-corrected chi connectivity index (χ4v) is 1.19. The highest BCUT2D eigenvalue weighted by Crippen LogP contribution is 2.13. The number of rotatable bonds is 0. The molecule has 1 fully saturated rings. The van der Waals surface area contributed by atoms with Crippen LogP contribution in [0.15, 0.2) is 0 Å². The Hall–Kier alpha value is 0.0900. The van der Waals surface area contributed by atoms with Gasteiger partial charge >= 0.3 is 0 Å². The van der Waals surface area contributed by atoms with Crippen LogP contribution in [-0.2, 0) is 0 Å². The van der Waals surface area contributed by atoms with E-state index in [1.165, 1.54) is 32.1 Å². The van der Waals surface area contributed by atoms with Gasteiger partial charge in [0.25, 0.3) is 0 Å². The van der Waals surface area contributed by atoms with Crippen LogP contribution >= 0.6 is 0 Å². The minimum absolute atomic E-state index is 0.786. The number of halogens is 1. The SMILES string of the molecule is [NH3+]C1CCCCC1.[O-][Cl+3]([O-])([O-])[O-]. The molecule has 3 N–H and O–H groups in total. The topological polar surface area (TPSA) is 120 Å². The molecule has 0 amide bonds. The Bertz CT molecular complexity index is 105. The van der Waals surface area contributed by atoms with E-state index < -0.39 is 10.2 Å². The summed E-state index contributed by atoms with van der Waals surface area (Å²) in [7, 11) is -4.94. The van der Waals surface area contributed by atoms with Crippen molar-refractivity contribution in [3.63, 3.8) is 0 Å². The van der Waals surface area contributed by atoms with Crippen LogP contribution in [0.25, 0.3) is 0 Å². The molecule has 0 aromatic heterocycles. The molecule has 0 atom stereocenters. The standard InChI is InChI=1S/C6H13N.ClHO4/c7-6-4-2-1-3-5-6;2-1(3,4)5/h6H,1-5,7H2;(H,2,3,4,5). The van der Waals surface area contributed by atoms with Gasteiger partial charge in [-0.15, -0.1) is 10.2 Å². The van der Waals surface area contributed by atoms with Gasteiger partial charge in [0.05, 0.1) is 6.04 Å². The zero-order valence-electron chi connectivity index (χ0n) is 6.83. The molecular formula is C6H14ClNO4. The van der Waals surface area contributed by atoms with Gasteiger partial charge in [0, 0.05) is 0 Å². The molecular weight excluding hydrogens is 186 g/mol. The first kappa shape index (κ1) is 12.1. The van der Waals surface area contributed by atoms with Gasteiger partial charge in [0.2, 0.25) is 0 Å². The van der Waals surface area contributed by atoms with Crippen molar-refractivity contribution in [2.75, 3.05) is 0 Å². The molecule has 12 heavy (non-hydrogen) atoms. The molecule has 5 nitrogen and oxygen atoms in total. The molecule has 1 saturated carbocycles. The van der Waals surface area contributed by atoms with E-state index in [9.17, 15) is 0 Å². The third kappa shape index (κ3) is 12.7. The van der Waals surface area contributed by atoms with Crippen molar-refractivity contribution >= 4 is 0 Å². The zero-order valence-corrected chi connectivity index (χ0v) is 7.59. The van der Waals surface area contributed by atoms with Gasteiger partial charge in [0.1, 0.15) is 0 Å². The van der Waals surface area contributed by atoms with E-state index in [0.717, 1.165) is 6.04 Å². The van der Waals surface area contributed by atoms with Crippen LogP contribution < -0.4 is 24.4 Å². The normalized spacial score (nSPS) is 19.8. The maximum Gasteiger partial charge on any atom is 0.0843 e. The van der Waals surface area contributed by atoms with Crippen LogP contribution in [0.3, 0.4) is 0 Å². The highest BCUT2D eigenvalue weighted by atomic mass is 35.7. The number of quaternary nitrogens is 1. The molecule has 6 heteroatoms. The van der Waals surface area contributed by atoms with Gasteiger partial charge in [-0.2, -0.15) is 0 Å². The second-order valence-electron chi connectivity index (χ2n) is 2.88. The largest absolute Gasteiger partial charge is 0.355 e. The average Bonchev–Trinajstić information content (AvgIpc) is 1.85. The highest BCUT2D eigenvalue weighted by Gasteiger charge is 2.09. The summed E-state index contributed by atoms with van der Waals surface area (Å²) in [6, 6.07) is 0.786. The first-order valence-corrected chi connectivity index (χ1v) is 5.08. The quantitative estimate of drug-likeness (QED) is 0.425. The van der Waals surface area contributed by atoms with E-state index in [1.54, 1.807) is 0 Å². The fraction of sp³-hybridized carbons (Fsp3) is 1.00. The Labute approximate surface area is 73.5 Å². The lowest BCUT2D eigenvalue weighted by Crippen LogP contribution is -2.68. The molecule has 0 saturated heterocycles. The summed E-state index contributed by atoms with van der Waals surface area (Å²) >= 11 is 0. The zero-order chi connectivity index (χ0) is 9.61. The number of hydrogen-bond donors (Lipinski definition) is 1. The van der Waals surface area contributed by atoms with E-state index in [4.69, 9.17) is 18.6 Å². The van der Waals surface area contributed by atoms with Crippen LogP contribution in [0.5, 0.6) is 0 Å². The van der Waals surface area contributed by atoms with Crippen molar-refractivity contribution < 1.29 is 34.6 Å². The van der Waals surface area contributed by atoms with Crippen molar-refractivity contribution in [2.24, 2.45) is 0 Å². The Kier molecular flexibility index (Phi) is 5.73. The van der Waals surface area contributed by atoms with Crippen molar-refractivity contribution in [2.45, 2.75) is 38.1 Å². The molecule has 1 aliphatic carbocycles. The Balaban J connectivity index is 0.000000217. The second-order valence-corrected chi connectivity index (χ2v) is 3.64. The highest BCUT2D eigenvalue weighted by molar-refractivity contribution is 4.60. The Morgan fingerprint density at radius 1 is 0.917 bits per heavy atom. The first-order valence-electron chi connectivity index (χ1n) is 3.84. The predicted molar refractivity (Wildman–Crippen MR) is 29.8 cm³/mol. The molecule has 0 aromatic carbocycles. The van der Waals surface area contributed by atoms with E-state index in [2.05, 4.69) is 5.73 Å². The van der Waals surface area contributed by atoms with Gasteiger partial charge in [-0.25, -0.2) is 18.6 Å².